The van der Waals surface area contributed by atoms with Crippen molar-refractivity contribution in [2.24, 2.45) is 0 Å². The van der Waals surface area contributed by atoms with Gasteiger partial charge in [-0.2, -0.15) is 0 Å². The molecule has 0 unspecified atom stereocenters. The number of nitrogens with zero attached hydrogens (tertiary/aromatic N) is 1. The zero-order chi connectivity index (χ0) is 15.2. The number of aliphatic carboxylic acids is 1. The van der Waals surface area contributed by atoms with Gasteiger partial charge in [-0.25, -0.2) is 0 Å². The van der Waals surface area contributed by atoms with E-state index in [4.69, 9.17) is 9.84 Å². The SMILES string of the molecule is CC(C)(C)OC(=O)CCN[C@@H]1CCCN(CC(=O)O)C1. The maximum absolute atomic E-state index is 11.6. The summed E-state index contributed by atoms with van der Waals surface area (Å²) in [5, 5.41) is 12.1. The minimum atomic E-state index is -0.792. The molecule has 0 spiro atoms. The van der Waals surface area contributed by atoms with Gasteiger partial charge >= 0.3 is 11.9 Å². The molecule has 6 heteroatoms. The lowest BCUT2D eigenvalue weighted by molar-refractivity contribution is -0.154. The summed E-state index contributed by atoms with van der Waals surface area (Å²) in [5.41, 5.74) is -0.444. The monoisotopic (exact) mass is 286 g/mol. The van der Waals surface area contributed by atoms with E-state index in [1.807, 2.05) is 25.7 Å². The van der Waals surface area contributed by atoms with E-state index >= 15 is 0 Å². The van der Waals surface area contributed by atoms with Gasteiger partial charge in [0.2, 0.25) is 0 Å². The van der Waals surface area contributed by atoms with E-state index in [0.717, 1.165) is 25.9 Å². The van der Waals surface area contributed by atoms with Gasteiger partial charge in [0, 0.05) is 19.1 Å². The highest BCUT2D eigenvalue weighted by atomic mass is 16.6. The highest BCUT2D eigenvalue weighted by Crippen LogP contribution is 2.10. The highest BCUT2D eigenvalue weighted by molar-refractivity contribution is 5.70. The largest absolute Gasteiger partial charge is 0.480 e. The van der Waals surface area contributed by atoms with Crippen LogP contribution in [0.3, 0.4) is 0 Å². The second-order valence-electron chi connectivity index (χ2n) is 6.26. The van der Waals surface area contributed by atoms with Crippen LogP contribution in [0.4, 0.5) is 0 Å². The first-order valence-corrected chi connectivity index (χ1v) is 7.15. The number of rotatable bonds is 6. The molecule has 0 saturated carbocycles. The van der Waals surface area contributed by atoms with E-state index in [1.54, 1.807) is 0 Å². The maximum Gasteiger partial charge on any atom is 0.317 e. The Morgan fingerprint density at radius 1 is 1.40 bits per heavy atom. The fraction of sp³-hybridized carbons (Fsp3) is 0.857. The lowest BCUT2D eigenvalue weighted by Gasteiger charge is -2.32. The molecule has 1 aliphatic heterocycles. The molecule has 1 fully saturated rings. The Morgan fingerprint density at radius 2 is 2.10 bits per heavy atom. The van der Waals surface area contributed by atoms with Crippen molar-refractivity contribution in [3.8, 4) is 0 Å². The quantitative estimate of drug-likeness (QED) is 0.705. The Balaban J connectivity index is 2.21. The first kappa shape index (κ1) is 16.9. The molecule has 0 radical (unpaired) electrons. The van der Waals surface area contributed by atoms with Crippen LogP contribution in [0.1, 0.15) is 40.0 Å². The Bertz CT molecular complexity index is 339. The van der Waals surface area contributed by atoms with E-state index in [9.17, 15) is 9.59 Å². The summed E-state index contributed by atoms with van der Waals surface area (Å²) in [6.07, 6.45) is 2.34. The van der Waals surface area contributed by atoms with Gasteiger partial charge in [0.1, 0.15) is 5.60 Å². The number of nitrogens with one attached hydrogen (secondary N) is 1. The van der Waals surface area contributed by atoms with E-state index < -0.39 is 11.6 Å². The van der Waals surface area contributed by atoms with Crippen LogP contribution in [0.25, 0.3) is 0 Å². The summed E-state index contributed by atoms with van der Waals surface area (Å²) in [6, 6.07) is 0.255. The number of piperidine rings is 1. The van der Waals surface area contributed by atoms with Crippen LogP contribution in [0.5, 0.6) is 0 Å². The number of hydrogen-bond acceptors (Lipinski definition) is 5. The van der Waals surface area contributed by atoms with Crippen LogP contribution in [-0.2, 0) is 14.3 Å². The molecule has 116 valence electrons. The molecule has 0 aromatic heterocycles. The Labute approximate surface area is 120 Å². The number of carbonyl (C=O) groups is 2. The third-order valence-corrected chi connectivity index (χ3v) is 3.05. The molecule has 1 heterocycles. The van der Waals surface area contributed by atoms with Crippen LogP contribution >= 0.6 is 0 Å². The molecule has 0 aromatic rings. The molecule has 1 saturated heterocycles. The van der Waals surface area contributed by atoms with Crippen molar-refractivity contribution in [3.63, 3.8) is 0 Å². The fourth-order valence-corrected chi connectivity index (χ4v) is 2.33. The summed E-state index contributed by atoms with van der Waals surface area (Å²) in [5.74, 6) is -0.998. The van der Waals surface area contributed by atoms with E-state index in [2.05, 4.69) is 5.32 Å². The van der Waals surface area contributed by atoms with Crippen molar-refractivity contribution in [2.45, 2.75) is 51.7 Å². The number of ether oxygens (including phenoxy) is 1. The highest BCUT2D eigenvalue weighted by Gasteiger charge is 2.21. The predicted octanol–water partition coefficient (Wildman–Crippen LogP) is 0.857. The Morgan fingerprint density at radius 3 is 2.70 bits per heavy atom. The molecule has 0 aromatic carbocycles. The predicted molar refractivity (Wildman–Crippen MR) is 75.6 cm³/mol. The van der Waals surface area contributed by atoms with Gasteiger partial charge < -0.3 is 15.2 Å². The van der Waals surface area contributed by atoms with Crippen molar-refractivity contribution in [2.75, 3.05) is 26.2 Å². The van der Waals surface area contributed by atoms with Gasteiger partial charge in [0.15, 0.2) is 0 Å². The fourth-order valence-electron chi connectivity index (χ4n) is 2.33. The first-order chi connectivity index (χ1) is 9.26. The lowest BCUT2D eigenvalue weighted by atomic mass is 10.1. The number of carboxylic acid groups (broad SMARTS) is 1. The molecule has 0 aliphatic carbocycles. The zero-order valence-electron chi connectivity index (χ0n) is 12.6. The summed E-state index contributed by atoms with van der Waals surface area (Å²) >= 11 is 0. The first-order valence-electron chi connectivity index (χ1n) is 7.15. The molecule has 1 atom stereocenters. The van der Waals surface area contributed by atoms with Crippen LogP contribution < -0.4 is 5.32 Å². The van der Waals surface area contributed by atoms with Crippen LogP contribution in [0.2, 0.25) is 0 Å². The molecule has 0 amide bonds. The number of carboxylic acids is 1. The van der Waals surface area contributed by atoms with Gasteiger partial charge in [-0.15, -0.1) is 0 Å². The third kappa shape index (κ3) is 7.45. The van der Waals surface area contributed by atoms with Gasteiger partial charge in [-0.3, -0.25) is 14.5 Å². The summed E-state index contributed by atoms with van der Waals surface area (Å²) in [7, 11) is 0. The van der Waals surface area contributed by atoms with E-state index in [1.165, 1.54) is 0 Å². The second kappa shape index (κ2) is 7.59. The van der Waals surface area contributed by atoms with Gasteiger partial charge in [0.25, 0.3) is 0 Å². The van der Waals surface area contributed by atoms with Crippen molar-refractivity contribution in [1.29, 1.82) is 0 Å². The number of hydrogen-bond donors (Lipinski definition) is 2. The molecule has 1 aliphatic rings. The molecule has 6 nitrogen and oxygen atoms in total. The number of carbonyl (C=O) groups excluding carboxylic acids is 1. The minimum Gasteiger partial charge on any atom is -0.480 e. The van der Waals surface area contributed by atoms with Gasteiger partial charge in [-0.05, 0) is 40.2 Å². The smallest absolute Gasteiger partial charge is 0.317 e. The average molecular weight is 286 g/mol. The standard InChI is InChI=1S/C14H26N2O4/c1-14(2,3)20-13(19)6-7-15-11-5-4-8-16(9-11)10-12(17)18/h11,15H,4-10H2,1-3H3,(H,17,18)/t11-/m1/s1. The van der Waals surface area contributed by atoms with Crippen molar-refractivity contribution in [1.82, 2.24) is 10.2 Å². The minimum absolute atomic E-state index is 0.0875. The van der Waals surface area contributed by atoms with Crippen LogP contribution in [0, 0.1) is 0 Å². The summed E-state index contributed by atoms with van der Waals surface area (Å²) in [4.78, 5) is 24.2. The Kier molecular flexibility index (Phi) is 6.42. The second-order valence-corrected chi connectivity index (χ2v) is 6.26. The molecule has 0 bridgehead atoms. The van der Waals surface area contributed by atoms with E-state index in [0.29, 0.717) is 13.0 Å². The van der Waals surface area contributed by atoms with Crippen LogP contribution in [-0.4, -0.2) is 59.8 Å². The van der Waals surface area contributed by atoms with Crippen LogP contribution in [0.15, 0.2) is 0 Å². The Hall–Kier alpha value is -1.14. The molecule has 1 rings (SSSR count). The van der Waals surface area contributed by atoms with Crippen molar-refractivity contribution < 1.29 is 19.4 Å². The van der Waals surface area contributed by atoms with Gasteiger partial charge in [-0.1, -0.05) is 0 Å². The van der Waals surface area contributed by atoms with E-state index in [-0.39, 0.29) is 18.6 Å². The molecular weight excluding hydrogens is 260 g/mol. The molecule has 2 N–H and O–H groups in total. The zero-order valence-corrected chi connectivity index (χ0v) is 12.6. The third-order valence-electron chi connectivity index (χ3n) is 3.05. The molecule has 20 heavy (non-hydrogen) atoms. The summed E-state index contributed by atoms with van der Waals surface area (Å²) < 4.78 is 5.23. The van der Waals surface area contributed by atoms with Crippen molar-refractivity contribution >= 4 is 11.9 Å². The normalized spacial score (nSPS) is 20.6. The summed E-state index contributed by atoms with van der Waals surface area (Å²) in [6.45, 7) is 7.76. The average Bonchev–Trinajstić information content (AvgIpc) is 2.25. The molecular formula is C14H26N2O4. The topological polar surface area (TPSA) is 78.9 Å². The van der Waals surface area contributed by atoms with Gasteiger partial charge in [0.05, 0.1) is 13.0 Å². The van der Waals surface area contributed by atoms with Crippen molar-refractivity contribution in [3.05, 3.63) is 0 Å². The maximum atomic E-state index is 11.6. The lowest BCUT2D eigenvalue weighted by Crippen LogP contribution is -2.47. The number of likely N-dealkylation sites (tertiary alicyclic amines) is 1. The number of esters is 1.